The number of carbonyl (C=O) groups is 1. The van der Waals surface area contributed by atoms with Gasteiger partial charge in [-0.25, -0.2) is 23.1 Å². The predicted molar refractivity (Wildman–Crippen MR) is 115 cm³/mol. The molecule has 0 aliphatic heterocycles. The third kappa shape index (κ3) is 5.34. The Hall–Kier alpha value is -2.35. The van der Waals surface area contributed by atoms with Crippen LogP contribution in [0, 0.1) is 0 Å². The van der Waals surface area contributed by atoms with E-state index >= 15 is 0 Å². The van der Waals surface area contributed by atoms with E-state index in [-0.39, 0.29) is 35.1 Å². The summed E-state index contributed by atoms with van der Waals surface area (Å²) < 4.78 is 63.3. The number of nitrogens with one attached hydrogen (secondary N) is 1. The second kappa shape index (κ2) is 9.65. The third-order valence-electron chi connectivity index (χ3n) is 4.01. The van der Waals surface area contributed by atoms with Crippen LogP contribution in [0.25, 0.3) is 5.69 Å². The molecule has 1 atom stereocenters. The van der Waals surface area contributed by atoms with E-state index in [1.54, 1.807) is 13.0 Å². The number of hydrogen-bond donors (Lipinski definition) is 1. The van der Waals surface area contributed by atoms with Gasteiger partial charge >= 0.3 is 5.51 Å². The van der Waals surface area contributed by atoms with Crippen molar-refractivity contribution in [3.63, 3.8) is 0 Å². The Morgan fingerprint density at radius 1 is 1.16 bits per heavy atom. The molecule has 0 saturated heterocycles. The molecule has 0 unspecified atom stereocenters. The van der Waals surface area contributed by atoms with Gasteiger partial charge in [-0.15, -0.1) is 0 Å². The van der Waals surface area contributed by atoms with Crippen molar-refractivity contribution >= 4 is 52.4 Å². The number of carbonyl (C=O) groups excluding carboxylic acids is 1. The number of amides is 1. The maximum absolute atomic E-state index is 12.9. The second-order valence-corrected chi connectivity index (χ2v) is 8.95. The average molecular weight is 528 g/mol. The normalized spacial score (nSPS) is 12.7. The number of halogens is 5. The molecule has 1 aromatic carbocycles. The molecule has 1 amide bonds. The van der Waals surface area contributed by atoms with Crippen LogP contribution in [-0.4, -0.2) is 39.6 Å². The zero-order valence-electron chi connectivity index (χ0n) is 15.9. The lowest BCUT2D eigenvalue weighted by Crippen LogP contribution is -2.29. The minimum atomic E-state index is -5.68. The summed E-state index contributed by atoms with van der Waals surface area (Å²) in [6.45, 7) is 1.55. The smallest absolute Gasteiger partial charge is 0.342 e. The van der Waals surface area contributed by atoms with Gasteiger partial charge in [-0.05, 0) is 31.2 Å². The van der Waals surface area contributed by atoms with Gasteiger partial charge in [0.15, 0.2) is 5.82 Å². The minimum Gasteiger partial charge on any atom is -0.342 e. The Morgan fingerprint density at radius 2 is 1.84 bits per heavy atom. The SMILES string of the molecule is C[C@@H](NC(=O)c1cc(Cl)cc(S(=O)(=O)C(F)(F)F)c1)c1ncnn1-c1ccnc(Cl)c1.S. The molecule has 3 rings (SSSR count). The number of benzene rings is 1. The molecule has 3 aromatic rings. The van der Waals surface area contributed by atoms with Crippen molar-refractivity contribution in [1.82, 2.24) is 25.1 Å². The highest BCUT2D eigenvalue weighted by atomic mass is 35.5. The molecule has 2 aromatic heterocycles. The van der Waals surface area contributed by atoms with Crippen LogP contribution >= 0.6 is 36.7 Å². The van der Waals surface area contributed by atoms with E-state index in [0.717, 1.165) is 6.07 Å². The summed E-state index contributed by atoms with van der Waals surface area (Å²) in [5.74, 6) is -0.586. The first-order valence-corrected chi connectivity index (χ1v) is 10.6. The molecule has 32 heavy (non-hydrogen) atoms. The zero-order valence-corrected chi connectivity index (χ0v) is 19.3. The molecule has 172 valence electrons. The van der Waals surface area contributed by atoms with Gasteiger partial charge in [-0.2, -0.15) is 31.8 Å². The summed E-state index contributed by atoms with van der Waals surface area (Å²) in [7, 11) is -5.68. The van der Waals surface area contributed by atoms with Gasteiger partial charge in [-0.3, -0.25) is 4.79 Å². The first kappa shape index (κ1) is 25.9. The summed E-state index contributed by atoms with van der Waals surface area (Å²) >= 11 is 11.6. The Kier molecular flexibility index (Phi) is 7.81. The van der Waals surface area contributed by atoms with Crippen LogP contribution < -0.4 is 5.32 Å². The van der Waals surface area contributed by atoms with Crippen molar-refractivity contribution in [3.8, 4) is 5.69 Å². The first-order valence-electron chi connectivity index (χ1n) is 8.35. The minimum absolute atomic E-state index is 0. The lowest BCUT2D eigenvalue weighted by atomic mass is 10.2. The first-order chi connectivity index (χ1) is 14.4. The lowest BCUT2D eigenvalue weighted by molar-refractivity contribution is -0.0436. The highest BCUT2D eigenvalue weighted by Gasteiger charge is 2.47. The van der Waals surface area contributed by atoms with Crippen LogP contribution in [0.2, 0.25) is 10.2 Å². The van der Waals surface area contributed by atoms with Crippen molar-refractivity contribution < 1.29 is 26.4 Å². The Bertz CT molecular complexity index is 1250. The van der Waals surface area contributed by atoms with Crippen LogP contribution in [0.15, 0.2) is 47.8 Å². The molecule has 1 N–H and O–H groups in total. The number of rotatable bonds is 5. The van der Waals surface area contributed by atoms with Gasteiger partial charge in [0.05, 0.1) is 16.6 Å². The second-order valence-electron chi connectivity index (χ2n) is 6.19. The van der Waals surface area contributed by atoms with Gasteiger partial charge in [0.2, 0.25) is 0 Å². The molecule has 15 heteroatoms. The third-order valence-corrected chi connectivity index (χ3v) is 5.90. The Morgan fingerprint density at radius 3 is 2.47 bits per heavy atom. The zero-order chi connectivity index (χ0) is 23.0. The van der Waals surface area contributed by atoms with E-state index in [2.05, 4.69) is 20.4 Å². The van der Waals surface area contributed by atoms with Crippen molar-refractivity contribution in [2.24, 2.45) is 0 Å². The molecule has 0 radical (unpaired) electrons. The summed E-state index contributed by atoms with van der Waals surface area (Å²) in [4.78, 5) is 19.4. The van der Waals surface area contributed by atoms with E-state index in [1.165, 1.54) is 23.3 Å². The largest absolute Gasteiger partial charge is 0.501 e. The monoisotopic (exact) mass is 527 g/mol. The molecule has 0 bridgehead atoms. The van der Waals surface area contributed by atoms with Gasteiger partial charge in [0, 0.05) is 22.8 Å². The van der Waals surface area contributed by atoms with Crippen molar-refractivity contribution in [2.75, 3.05) is 0 Å². The van der Waals surface area contributed by atoms with Crippen LogP contribution in [-0.2, 0) is 9.84 Å². The van der Waals surface area contributed by atoms with E-state index in [4.69, 9.17) is 23.2 Å². The maximum Gasteiger partial charge on any atom is 0.501 e. The Balaban J connectivity index is 0.00000363. The molecule has 0 aliphatic rings. The van der Waals surface area contributed by atoms with Crippen molar-refractivity contribution in [1.29, 1.82) is 0 Å². The average Bonchev–Trinajstić information content (AvgIpc) is 3.16. The molecule has 0 spiro atoms. The highest BCUT2D eigenvalue weighted by molar-refractivity contribution is 7.92. The van der Waals surface area contributed by atoms with Gasteiger partial charge < -0.3 is 5.32 Å². The summed E-state index contributed by atoms with van der Waals surface area (Å²) in [5.41, 5.74) is -5.41. The fraction of sp³-hybridized carbons (Fsp3) is 0.176. The van der Waals surface area contributed by atoms with E-state index in [1.807, 2.05) is 0 Å². The van der Waals surface area contributed by atoms with Crippen molar-refractivity contribution in [3.05, 3.63) is 64.4 Å². The highest BCUT2D eigenvalue weighted by Crippen LogP contribution is 2.32. The number of sulfone groups is 1. The molecule has 0 aliphatic carbocycles. The maximum atomic E-state index is 12.9. The summed E-state index contributed by atoms with van der Waals surface area (Å²) in [6.07, 6.45) is 2.68. The van der Waals surface area contributed by atoms with Crippen LogP contribution in [0.1, 0.15) is 29.1 Å². The fourth-order valence-corrected chi connectivity index (χ4v) is 3.90. The topological polar surface area (TPSA) is 107 Å². The standard InChI is InChI=1S/C17H12Cl2F3N5O3S.H2S/c1-9(15-24-8-25-27(15)12-2-3-23-14(19)7-12)26-16(28)10-4-11(18)6-13(5-10)31(29,30)17(20,21)22;/h2-9H,1H3,(H,26,28);1H2/t9-;/m1./s1. The van der Waals surface area contributed by atoms with E-state index in [9.17, 15) is 26.4 Å². The predicted octanol–water partition coefficient (Wildman–Crippen LogP) is 3.87. The molecule has 2 heterocycles. The fourth-order valence-electron chi connectivity index (χ4n) is 2.60. The van der Waals surface area contributed by atoms with E-state index in [0.29, 0.717) is 17.8 Å². The van der Waals surface area contributed by atoms with Crippen LogP contribution in [0.5, 0.6) is 0 Å². The van der Waals surface area contributed by atoms with Crippen LogP contribution in [0.3, 0.4) is 0 Å². The number of nitrogens with zero attached hydrogens (tertiary/aromatic N) is 4. The lowest BCUT2D eigenvalue weighted by Gasteiger charge is -2.16. The molecule has 0 fully saturated rings. The number of pyridine rings is 1. The summed E-state index contributed by atoms with van der Waals surface area (Å²) in [6, 6.07) is 4.61. The number of hydrogen-bond acceptors (Lipinski definition) is 6. The Labute approximate surface area is 197 Å². The quantitative estimate of drug-likeness (QED) is 0.504. The van der Waals surface area contributed by atoms with Gasteiger partial charge in [-0.1, -0.05) is 23.2 Å². The van der Waals surface area contributed by atoms with Gasteiger partial charge in [0.1, 0.15) is 11.5 Å². The van der Waals surface area contributed by atoms with Crippen molar-refractivity contribution in [2.45, 2.75) is 23.4 Å². The molecule has 0 saturated carbocycles. The van der Waals surface area contributed by atoms with E-state index < -0.39 is 32.2 Å². The van der Waals surface area contributed by atoms with Gasteiger partial charge in [0.25, 0.3) is 15.7 Å². The number of aromatic nitrogens is 4. The molecular formula is C17H14Cl2F3N5O3S2. The summed E-state index contributed by atoms with van der Waals surface area (Å²) in [5, 5.41) is 6.43. The number of alkyl halides is 3. The van der Waals surface area contributed by atoms with Crippen LogP contribution in [0.4, 0.5) is 13.2 Å². The molecular weight excluding hydrogens is 514 g/mol. The molecule has 8 nitrogen and oxygen atoms in total.